The van der Waals surface area contributed by atoms with Crippen LogP contribution in [0, 0.1) is 0 Å². The maximum absolute atomic E-state index is 12.7. The van der Waals surface area contributed by atoms with Crippen LogP contribution in [0.3, 0.4) is 0 Å². The first-order valence-corrected chi connectivity index (χ1v) is 11.6. The van der Waals surface area contributed by atoms with Crippen molar-refractivity contribution in [3.63, 3.8) is 0 Å². The molecule has 4 rings (SSSR count). The molecular formula is C26H33N5O2. The Morgan fingerprint density at radius 1 is 1.06 bits per heavy atom. The molecule has 1 aliphatic heterocycles. The van der Waals surface area contributed by atoms with Crippen LogP contribution in [-0.2, 0) is 30.8 Å². The number of carbonyl (C=O) groups is 1. The molecule has 0 radical (unpaired) electrons. The summed E-state index contributed by atoms with van der Waals surface area (Å²) < 4.78 is 7.92. The number of benzene rings is 2. The quantitative estimate of drug-likeness (QED) is 0.546. The molecule has 2 heterocycles. The third kappa shape index (κ3) is 6.66. The predicted molar refractivity (Wildman–Crippen MR) is 130 cm³/mol. The Kier molecular flexibility index (Phi) is 7.75. The number of nitrogens with one attached hydrogen (secondary N) is 2. The maximum atomic E-state index is 12.7. The molecule has 2 atom stereocenters. The SMILES string of the molecule is C[C@H]1CN(Cc2ccccc2NC(=O)NCc2nccn2CCc2ccccc2)C[C@H](C)O1. The van der Waals surface area contributed by atoms with Crippen molar-refractivity contribution in [3.8, 4) is 0 Å². The fourth-order valence-corrected chi connectivity index (χ4v) is 4.37. The Morgan fingerprint density at radius 2 is 1.79 bits per heavy atom. The summed E-state index contributed by atoms with van der Waals surface area (Å²) in [7, 11) is 0. The van der Waals surface area contributed by atoms with Gasteiger partial charge >= 0.3 is 6.03 Å². The summed E-state index contributed by atoms with van der Waals surface area (Å²) in [6.07, 6.45) is 5.07. The van der Waals surface area contributed by atoms with Gasteiger partial charge in [0.05, 0.1) is 18.8 Å². The molecule has 1 aliphatic rings. The first-order valence-electron chi connectivity index (χ1n) is 11.6. The second-order valence-electron chi connectivity index (χ2n) is 8.69. The van der Waals surface area contributed by atoms with E-state index in [0.717, 1.165) is 49.7 Å². The second kappa shape index (κ2) is 11.1. The normalized spacial score (nSPS) is 18.7. The van der Waals surface area contributed by atoms with E-state index in [1.165, 1.54) is 5.56 Å². The van der Waals surface area contributed by atoms with Crippen molar-refractivity contribution in [3.05, 3.63) is 83.9 Å². The summed E-state index contributed by atoms with van der Waals surface area (Å²) in [5.41, 5.74) is 3.20. The van der Waals surface area contributed by atoms with Gasteiger partial charge in [0.2, 0.25) is 0 Å². The van der Waals surface area contributed by atoms with E-state index in [9.17, 15) is 4.79 Å². The molecule has 0 aliphatic carbocycles. The number of carbonyl (C=O) groups excluding carboxylic acids is 1. The number of imidazole rings is 1. The third-order valence-electron chi connectivity index (χ3n) is 5.85. The van der Waals surface area contributed by atoms with Crippen molar-refractivity contribution < 1.29 is 9.53 Å². The van der Waals surface area contributed by atoms with Crippen LogP contribution in [-0.4, -0.2) is 45.8 Å². The number of hydrogen-bond donors (Lipinski definition) is 2. The molecule has 1 fully saturated rings. The Hall–Kier alpha value is -3.16. The molecule has 0 saturated carbocycles. The number of amides is 2. The number of rotatable bonds is 8. The maximum Gasteiger partial charge on any atom is 0.319 e. The van der Waals surface area contributed by atoms with Crippen molar-refractivity contribution in [2.45, 2.75) is 52.1 Å². The number of nitrogens with zero attached hydrogens (tertiary/aromatic N) is 3. The predicted octanol–water partition coefficient (Wildman–Crippen LogP) is 4.06. The number of hydrogen-bond acceptors (Lipinski definition) is 4. The van der Waals surface area contributed by atoms with E-state index in [1.54, 1.807) is 6.20 Å². The van der Waals surface area contributed by atoms with E-state index in [4.69, 9.17) is 4.74 Å². The molecule has 33 heavy (non-hydrogen) atoms. The van der Waals surface area contributed by atoms with Crippen LogP contribution < -0.4 is 10.6 Å². The fourth-order valence-electron chi connectivity index (χ4n) is 4.37. The molecule has 2 aromatic carbocycles. The number of aromatic nitrogens is 2. The lowest BCUT2D eigenvalue weighted by Gasteiger charge is -2.35. The van der Waals surface area contributed by atoms with E-state index in [1.807, 2.05) is 42.6 Å². The van der Waals surface area contributed by atoms with Crippen LogP contribution in [0.5, 0.6) is 0 Å². The molecular weight excluding hydrogens is 414 g/mol. The molecule has 2 amide bonds. The Labute approximate surface area is 195 Å². The van der Waals surface area contributed by atoms with E-state index < -0.39 is 0 Å². The van der Waals surface area contributed by atoms with E-state index in [0.29, 0.717) is 6.54 Å². The molecule has 1 saturated heterocycles. The molecule has 174 valence electrons. The molecule has 1 aromatic heterocycles. The average Bonchev–Trinajstić information content (AvgIpc) is 3.25. The second-order valence-corrected chi connectivity index (χ2v) is 8.69. The van der Waals surface area contributed by atoms with E-state index in [-0.39, 0.29) is 18.2 Å². The summed E-state index contributed by atoms with van der Waals surface area (Å²) >= 11 is 0. The highest BCUT2D eigenvalue weighted by Gasteiger charge is 2.22. The van der Waals surface area contributed by atoms with Crippen molar-refractivity contribution in [2.75, 3.05) is 18.4 Å². The molecule has 0 unspecified atom stereocenters. The Morgan fingerprint density at radius 3 is 2.58 bits per heavy atom. The van der Waals surface area contributed by atoms with E-state index in [2.05, 4.69) is 57.1 Å². The molecule has 7 nitrogen and oxygen atoms in total. The highest BCUT2D eigenvalue weighted by atomic mass is 16.5. The van der Waals surface area contributed by atoms with Gasteiger partial charge in [-0.2, -0.15) is 0 Å². The van der Waals surface area contributed by atoms with Gasteiger partial charge in [-0.1, -0.05) is 48.5 Å². The van der Waals surface area contributed by atoms with Gasteiger partial charge in [-0.3, -0.25) is 4.90 Å². The number of aryl methyl sites for hydroxylation is 2. The van der Waals surface area contributed by atoms with Gasteiger partial charge in [-0.15, -0.1) is 0 Å². The molecule has 0 bridgehead atoms. The van der Waals surface area contributed by atoms with Crippen LogP contribution in [0.4, 0.5) is 10.5 Å². The fraction of sp³-hybridized carbons (Fsp3) is 0.385. The number of morpholine rings is 1. The third-order valence-corrected chi connectivity index (χ3v) is 5.85. The van der Waals surface area contributed by atoms with E-state index >= 15 is 0 Å². The number of anilines is 1. The molecule has 7 heteroatoms. The molecule has 0 spiro atoms. The van der Waals surface area contributed by atoms with Crippen molar-refractivity contribution >= 4 is 11.7 Å². The van der Waals surface area contributed by atoms with Gasteiger partial charge < -0.3 is 19.9 Å². The van der Waals surface area contributed by atoms with Crippen LogP contribution in [0.25, 0.3) is 0 Å². The minimum Gasteiger partial charge on any atom is -0.373 e. The van der Waals surface area contributed by atoms with Crippen LogP contribution >= 0.6 is 0 Å². The minimum atomic E-state index is -0.233. The highest BCUT2D eigenvalue weighted by Crippen LogP contribution is 2.20. The van der Waals surface area contributed by atoms with Gasteiger partial charge in [0, 0.05) is 44.3 Å². The highest BCUT2D eigenvalue weighted by molar-refractivity contribution is 5.90. The summed E-state index contributed by atoms with van der Waals surface area (Å²) in [6, 6.07) is 18.1. The van der Waals surface area contributed by atoms with Crippen molar-refractivity contribution in [2.24, 2.45) is 0 Å². The average molecular weight is 448 g/mol. The van der Waals surface area contributed by atoms with Gasteiger partial charge in [0.15, 0.2) is 0 Å². The zero-order valence-electron chi connectivity index (χ0n) is 19.4. The standard InChI is InChI=1S/C26H33N5O2/c1-20-17-30(18-21(2)33-20)19-23-10-6-7-11-24(23)29-26(32)28-16-25-27-13-15-31(25)14-12-22-8-4-3-5-9-22/h3-11,13,15,20-21H,12,14,16-19H2,1-2H3,(H2,28,29,32)/t20-,21-/m0/s1. The summed E-state index contributed by atoms with van der Waals surface area (Å²) in [5.74, 6) is 0.839. The zero-order chi connectivity index (χ0) is 23.0. The van der Waals surface area contributed by atoms with Crippen LogP contribution in [0.1, 0.15) is 30.8 Å². The lowest BCUT2D eigenvalue weighted by molar-refractivity contribution is -0.0704. The zero-order valence-corrected chi connectivity index (χ0v) is 19.4. The topological polar surface area (TPSA) is 71.4 Å². The van der Waals surface area contributed by atoms with Crippen LogP contribution in [0.2, 0.25) is 0 Å². The number of para-hydroxylation sites is 1. The smallest absolute Gasteiger partial charge is 0.319 e. The summed E-state index contributed by atoms with van der Waals surface area (Å²) in [4.78, 5) is 19.4. The van der Waals surface area contributed by atoms with Gasteiger partial charge in [0.1, 0.15) is 5.82 Å². The first kappa shape index (κ1) is 23.0. The molecule has 2 N–H and O–H groups in total. The first-order chi connectivity index (χ1) is 16.1. The monoisotopic (exact) mass is 447 g/mol. The summed E-state index contributed by atoms with van der Waals surface area (Å²) in [6.45, 7) is 7.94. The van der Waals surface area contributed by atoms with Crippen LogP contribution in [0.15, 0.2) is 67.0 Å². The van der Waals surface area contributed by atoms with Gasteiger partial charge in [0.25, 0.3) is 0 Å². The summed E-state index contributed by atoms with van der Waals surface area (Å²) in [5, 5.41) is 5.97. The number of ether oxygens (including phenoxy) is 1. The minimum absolute atomic E-state index is 0.211. The van der Waals surface area contributed by atoms with Gasteiger partial charge in [-0.25, -0.2) is 9.78 Å². The molecule has 3 aromatic rings. The van der Waals surface area contributed by atoms with Crippen molar-refractivity contribution in [1.82, 2.24) is 19.8 Å². The largest absolute Gasteiger partial charge is 0.373 e. The lowest BCUT2D eigenvalue weighted by Crippen LogP contribution is -2.44. The van der Waals surface area contributed by atoms with Gasteiger partial charge in [-0.05, 0) is 37.5 Å². The Bertz CT molecular complexity index is 1030. The number of urea groups is 1. The Balaban J connectivity index is 1.31. The van der Waals surface area contributed by atoms with Crippen molar-refractivity contribution in [1.29, 1.82) is 0 Å². The lowest BCUT2D eigenvalue weighted by atomic mass is 10.1.